The average molecular weight is 313 g/mol. The summed E-state index contributed by atoms with van der Waals surface area (Å²) in [6, 6.07) is 8.69. The van der Waals surface area contributed by atoms with Gasteiger partial charge in [0.15, 0.2) is 11.5 Å². The Hall–Kier alpha value is -2.89. The maximum absolute atomic E-state index is 14.2. The van der Waals surface area contributed by atoms with Crippen LogP contribution in [0, 0.1) is 12.7 Å². The fourth-order valence-corrected chi connectivity index (χ4v) is 2.35. The quantitative estimate of drug-likeness (QED) is 0.793. The molecule has 0 aliphatic heterocycles. The zero-order valence-corrected chi connectivity index (χ0v) is 13.1. The summed E-state index contributed by atoms with van der Waals surface area (Å²) in [7, 11) is 3.12. The Morgan fingerprint density at radius 1 is 1.04 bits per heavy atom. The van der Waals surface area contributed by atoms with Crippen molar-refractivity contribution >= 4 is 22.4 Å². The van der Waals surface area contributed by atoms with Gasteiger partial charge in [0.05, 0.1) is 25.4 Å². The Morgan fingerprint density at radius 2 is 1.78 bits per heavy atom. The Bertz CT molecular complexity index is 868. The van der Waals surface area contributed by atoms with Crippen LogP contribution in [0.5, 0.6) is 11.5 Å². The number of fused-ring (bicyclic) bond motifs is 1. The number of rotatable bonds is 4. The highest BCUT2D eigenvalue weighted by molar-refractivity contribution is 5.93. The molecule has 0 unspecified atom stereocenters. The molecule has 118 valence electrons. The maximum atomic E-state index is 14.2. The normalized spacial score (nSPS) is 10.6. The first kappa shape index (κ1) is 15.0. The van der Waals surface area contributed by atoms with Gasteiger partial charge in [-0.15, -0.1) is 0 Å². The molecule has 6 heteroatoms. The molecule has 2 aromatic carbocycles. The first-order valence-corrected chi connectivity index (χ1v) is 7.03. The van der Waals surface area contributed by atoms with Gasteiger partial charge in [-0.2, -0.15) is 0 Å². The zero-order valence-electron chi connectivity index (χ0n) is 13.1. The molecule has 23 heavy (non-hydrogen) atoms. The van der Waals surface area contributed by atoms with Crippen molar-refractivity contribution in [1.82, 2.24) is 9.97 Å². The number of aromatic nitrogens is 2. The van der Waals surface area contributed by atoms with Crippen LogP contribution >= 0.6 is 0 Å². The zero-order chi connectivity index (χ0) is 16.4. The molecule has 0 amide bonds. The second kappa shape index (κ2) is 6.08. The lowest BCUT2D eigenvalue weighted by Crippen LogP contribution is -2.00. The highest BCUT2D eigenvalue weighted by Crippen LogP contribution is 2.34. The number of ether oxygens (including phenoxy) is 2. The molecule has 1 N–H and O–H groups in total. The minimum absolute atomic E-state index is 0.306. The number of methoxy groups -OCH3 is 2. The van der Waals surface area contributed by atoms with Gasteiger partial charge in [0.1, 0.15) is 18.0 Å². The number of anilines is 2. The molecule has 1 heterocycles. The molecule has 0 spiro atoms. The van der Waals surface area contributed by atoms with Crippen molar-refractivity contribution in [2.75, 3.05) is 19.5 Å². The number of nitrogens with one attached hydrogen (secondary N) is 1. The lowest BCUT2D eigenvalue weighted by molar-refractivity contribution is 0.356. The van der Waals surface area contributed by atoms with E-state index in [1.807, 2.05) is 0 Å². The third-order valence-corrected chi connectivity index (χ3v) is 3.59. The molecule has 5 nitrogen and oxygen atoms in total. The fraction of sp³-hybridized carbons (Fsp3) is 0.176. The van der Waals surface area contributed by atoms with Gasteiger partial charge in [0.25, 0.3) is 0 Å². The Balaban J connectivity index is 2.12. The number of aryl methyl sites for hydroxylation is 1. The van der Waals surface area contributed by atoms with Crippen LogP contribution in [-0.4, -0.2) is 24.2 Å². The molecular formula is C17H16FN3O2. The summed E-state index contributed by atoms with van der Waals surface area (Å²) >= 11 is 0. The predicted molar refractivity (Wildman–Crippen MR) is 87.1 cm³/mol. The van der Waals surface area contributed by atoms with Gasteiger partial charge in [-0.1, -0.05) is 12.1 Å². The van der Waals surface area contributed by atoms with Crippen LogP contribution < -0.4 is 14.8 Å². The molecule has 0 atom stereocenters. The van der Waals surface area contributed by atoms with Crippen molar-refractivity contribution in [3.8, 4) is 11.5 Å². The standard InChI is InChI=1S/C17H16FN3O2/c1-10-5-4-6-12(16(10)18)21-17-11-7-14(22-2)15(23-3)8-13(11)19-9-20-17/h4-9H,1-3H3,(H,19,20,21). The van der Waals surface area contributed by atoms with E-state index in [-0.39, 0.29) is 5.82 Å². The topological polar surface area (TPSA) is 56.3 Å². The molecule has 1 aromatic heterocycles. The van der Waals surface area contributed by atoms with Crippen molar-refractivity contribution < 1.29 is 13.9 Å². The van der Waals surface area contributed by atoms with Crippen molar-refractivity contribution in [3.05, 3.63) is 48.0 Å². The predicted octanol–water partition coefficient (Wildman–Crippen LogP) is 3.84. The van der Waals surface area contributed by atoms with Crippen molar-refractivity contribution in [1.29, 1.82) is 0 Å². The SMILES string of the molecule is COc1cc2ncnc(Nc3cccc(C)c3F)c2cc1OC. The van der Waals surface area contributed by atoms with Crippen molar-refractivity contribution in [3.63, 3.8) is 0 Å². The van der Waals surface area contributed by atoms with E-state index in [4.69, 9.17) is 9.47 Å². The molecule has 0 aliphatic carbocycles. The monoisotopic (exact) mass is 313 g/mol. The van der Waals surface area contributed by atoms with Crippen LogP contribution in [-0.2, 0) is 0 Å². The van der Waals surface area contributed by atoms with Crippen LogP contribution in [0.1, 0.15) is 5.56 Å². The lowest BCUT2D eigenvalue weighted by Gasteiger charge is -2.13. The maximum Gasteiger partial charge on any atom is 0.162 e. The van der Waals surface area contributed by atoms with Gasteiger partial charge in [-0.05, 0) is 24.6 Å². The first-order valence-electron chi connectivity index (χ1n) is 7.03. The largest absolute Gasteiger partial charge is 0.493 e. The van der Waals surface area contributed by atoms with Gasteiger partial charge in [0, 0.05) is 11.5 Å². The summed E-state index contributed by atoms with van der Waals surface area (Å²) in [4.78, 5) is 8.45. The van der Waals surface area contributed by atoms with Crippen LogP contribution in [0.4, 0.5) is 15.9 Å². The van der Waals surface area contributed by atoms with Crippen molar-refractivity contribution in [2.24, 2.45) is 0 Å². The number of nitrogens with zero attached hydrogens (tertiary/aromatic N) is 2. The number of benzene rings is 2. The van der Waals surface area contributed by atoms with E-state index in [0.717, 1.165) is 0 Å². The number of hydrogen-bond donors (Lipinski definition) is 1. The minimum atomic E-state index is -0.306. The van der Waals surface area contributed by atoms with E-state index in [0.29, 0.717) is 39.5 Å². The fourth-order valence-electron chi connectivity index (χ4n) is 2.35. The van der Waals surface area contributed by atoms with Gasteiger partial charge in [0.2, 0.25) is 0 Å². The summed E-state index contributed by atoms with van der Waals surface area (Å²) < 4.78 is 24.8. The Labute approximate surface area is 133 Å². The first-order chi connectivity index (χ1) is 11.1. The molecule has 0 fully saturated rings. The van der Waals surface area contributed by atoms with E-state index in [1.54, 1.807) is 51.5 Å². The molecular weight excluding hydrogens is 297 g/mol. The summed E-state index contributed by atoms with van der Waals surface area (Å²) in [5.41, 5.74) is 1.60. The van der Waals surface area contributed by atoms with E-state index in [1.165, 1.54) is 6.33 Å². The third-order valence-electron chi connectivity index (χ3n) is 3.59. The second-order valence-corrected chi connectivity index (χ2v) is 5.01. The highest BCUT2D eigenvalue weighted by Gasteiger charge is 2.12. The van der Waals surface area contributed by atoms with Gasteiger partial charge < -0.3 is 14.8 Å². The summed E-state index contributed by atoms with van der Waals surface area (Å²) in [5.74, 6) is 1.33. The van der Waals surface area contributed by atoms with E-state index in [2.05, 4.69) is 15.3 Å². The molecule has 3 rings (SSSR count). The van der Waals surface area contributed by atoms with Gasteiger partial charge >= 0.3 is 0 Å². The minimum Gasteiger partial charge on any atom is -0.493 e. The second-order valence-electron chi connectivity index (χ2n) is 5.01. The number of halogens is 1. The summed E-state index contributed by atoms with van der Waals surface area (Å²) in [5, 5.41) is 3.74. The smallest absolute Gasteiger partial charge is 0.162 e. The summed E-state index contributed by atoms with van der Waals surface area (Å²) in [6.45, 7) is 1.71. The Morgan fingerprint density at radius 3 is 2.52 bits per heavy atom. The van der Waals surface area contributed by atoms with Crippen LogP contribution in [0.25, 0.3) is 10.9 Å². The molecule has 0 bridgehead atoms. The molecule has 0 aliphatic rings. The number of hydrogen-bond acceptors (Lipinski definition) is 5. The highest BCUT2D eigenvalue weighted by atomic mass is 19.1. The van der Waals surface area contributed by atoms with Crippen LogP contribution in [0.15, 0.2) is 36.7 Å². The average Bonchev–Trinajstić information content (AvgIpc) is 2.58. The van der Waals surface area contributed by atoms with Gasteiger partial charge in [-0.3, -0.25) is 0 Å². The molecule has 0 radical (unpaired) electrons. The summed E-state index contributed by atoms with van der Waals surface area (Å²) in [6.07, 6.45) is 1.42. The molecule has 0 saturated carbocycles. The van der Waals surface area contributed by atoms with Gasteiger partial charge in [-0.25, -0.2) is 14.4 Å². The van der Waals surface area contributed by atoms with Crippen molar-refractivity contribution in [2.45, 2.75) is 6.92 Å². The third kappa shape index (κ3) is 2.75. The van der Waals surface area contributed by atoms with E-state index < -0.39 is 0 Å². The Kier molecular flexibility index (Phi) is 3.97. The van der Waals surface area contributed by atoms with E-state index >= 15 is 0 Å². The lowest BCUT2D eigenvalue weighted by atomic mass is 10.2. The van der Waals surface area contributed by atoms with E-state index in [9.17, 15) is 4.39 Å². The molecule has 0 saturated heterocycles. The molecule has 3 aromatic rings. The van der Waals surface area contributed by atoms with Crippen LogP contribution in [0.3, 0.4) is 0 Å². The van der Waals surface area contributed by atoms with Crippen LogP contribution in [0.2, 0.25) is 0 Å².